The lowest BCUT2D eigenvalue weighted by atomic mass is 10.1. The van der Waals surface area contributed by atoms with Crippen molar-refractivity contribution in [3.63, 3.8) is 0 Å². The second kappa shape index (κ2) is 6.55. The van der Waals surface area contributed by atoms with Gasteiger partial charge in [0, 0.05) is 36.1 Å². The van der Waals surface area contributed by atoms with Crippen LogP contribution in [-0.4, -0.2) is 22.4 Å². The Bertz CT molecular complexity index is 992. The number of benzene rings is 2. The fourth-order valence-corrected chi connectivity index (χ4v) is 3.44. The lowest BCUT2D eigenvalue weighted by molar-refractivity contribution is -0.121. The topological polar surface area (TPSA) is 89.2 Å². The number of hydrogen-bond donors (Lipinski definition) is 3. The molecule has 0 bridgehead atoms. The SMILES string of the molecule is Nc1cccc(CNC(=O)C[C@H]2Cn3c(cc4ccccc43)C(=O)N2)c1. The highest BCUT2D eigenvalue weighted by atomic mass is 16.2. The van der Waals surface area contributed by atoms with E-state index in [1.807, 2.05) is 59.2 Å². The van der Waals surface area contributed by atoms with Crippen molar-refractivity contribution in [3.8, 4) is 0 Å². The van der Waals surface area contributed by atoms with E-state index in [1.165, 1.54) is 0 Å². The molecule has 0 saturated carbocycles. The van der Waals surface area contributed by atoms with E-state index in [0.717, 1.165) is 16.5 Å². The molecule has 6 heteroatoms. The Kier molecular flexibility index (Phi) is 4.08. The first-order valence-corrected chi connectivity index (χ1v) is 8.60. The van der Waals surface area contributed by atoms with Gasteiger partial charge in [-0.1, -0.05) is 30.3 Å². The van der Waals surface area contributed by atoms with Gasteiger partial charge in [0.2, 0.25) is 5.91 Å². The van der Waals surface area contributed by atoms with Crippen molar-refractivity contribution in [2.24, 2.45) is 0 Å². The summed E-state index contributed by atoms with van der Waals surface area (Å²) in [5, 5.41) is 6.85. The molecule has 6 nitrogen and oxygen atoms in total. The van der Waals surface area contributed by atoms with Crippen molar-refractivity contribution in [2.45, 2.75) is 25.6 Å². The van der Waals surface area contributed by atoms with Crippen LogP contribution in [0, 0.1) is 0 Å². The fraction of sp³-hybridized carbons (Fsp3) is 0.200. The van der Waals surface area contributed by atoms with Crippen molar-refractivity contribution in [2.75, 3.05) is 5.73 Å². The Labute approximate surface area is 151 Å². The van der Waals surface area contributed by atoms with Crippen LogP contribution in [0.1, 0.15) is 22.5 Å². The Morgan fingerprint density at radius 3 is 2.88 bits per heavy atom. The van der Waals surface area contributed by atoms with Gasteiger partial charge in [-0.3, -0.25) is 9.59 Å². The van der Waals surface area contributed by atoms with Crippen molar-refractivity contribution in [1.82, 2.24) is 15.2 Å². The molecule has 2 aromatic carbocycles. The summed E-state index contributed by atoms with van der Waals surface area (Å²) in [6.45, 7) is 1.00. The molecule has 1 aliphatic heterocycles. The van der Waals surface area contributed by atoms with E-state index in [9.17, 15) is 9.59 Å². The van der Waals surface area contributed by atoms with E-state index in [2.05, 4.69) is 10.6 Å². The Morgan fingerprint density at radius 1 is 1.19 bits per heavy atom. The largest absolute Gasteiger partial charge is 0.399 e. The Morgan fingerprint density at radius 2 is 2.04 bits per heavy atom. The van der Waals surface area contributed by atoms with Crippen LogP contribution in [0.4, 0.5) is 5.69 Å². The molecule has 3 aromatic rings. The molecule has 0 fully saturated rings. The summed E-state index contributed by atoms with van der Waals surface area (Å²) in [5.41, 5.74) is 9.02. The third-order valence-electron chi connectivity index (χ3n) is 4.65. The van der Waals surface area contributed by atoms with Crippen LogP contribution in [0.2, 0.25) is 0 Å². The lowest BCUT2D eigenvalue weighted by Gasteiger charge is -2.26. The zero-order valence-corrected chi connectivity index (χ0v) is 14.2. The summed E-state index contributed by atoms with van der Waals surface area (Å²) in [5.74, 6) is -0.237. The third kappa shape index (κ3) is 3.13. The number of fused-ring (bicyclic) bond motifs is 3. The Hall–Kier alpha value is -3.28. The van der Waals surface area contributed by atoms with Crippen molar-refractivity contribution in [3.05, 3.63) is 65.9 Å². The molecule has 4 rings (SSSR count). The van der Waals surface area contributed by atoms with Crippen LogP contribution in [0.15, 0.2) is 54.6 Å². The summed E-state index contributed by atoms with van der Waals surface area (Å²) >= 11 is 0. The monoisotopic (exact) mass is 348 g/mol. The minimum Gasteiger partial charge on any atom is -0.399 e. The van der Waals surface area contributed by atoms with Gasteiger partial charge in [0.05, 0.1) is 6.04 Å². The molecule has 0 unspecified atom stereocenters. The van der Waals surface area contributed by atoms with Gasteiger partial charge in [0.15, 0.2) is 0 Å². The van der Waals surface area contributed by atoms with Crippen molar-refractivity contribution in [1.29, 1.82) is 0 Å². The molecule has 0 saturated heterocycles. The van der Waals surface area contributed by atoms with Gasteiger partial charge in [-0.25, -0.2) is 0 Å². The van der Waals surface area contributed by atoms with Crippen LogP contribution in [0.5, 0.6) is 0 Å². The van der Waals surface area contributed by atoms with Gasteiger partial charge < -0.3 is 20.9 Å². The van der Waals surface area contributed by atoms with Crippen LogP contribution < -0.4 is 16.4 Å². The standard InChI is InChI=1S/C20H20N4O2/c21-15-6-3-4-13(8-15)11-22-19(25)10-16-12-24-17-7-2-1-5-14(17)9-18(24)20(26)23-16/h1-9,16H,10-12,21H2,(H,22,25)(H,23,26)/t16-/m0/s1. The number of rotatable bonds is 4. The van der Waals surface area contributed by atoms with E-state index in [4.69, 9.17) is 5.73 Å². The molecule has 26 heavy (non-hydrogen) atoms. The zero-order chi connectivity index (χ0) is 18.1. The molecule has 0 aliphatic carbocycles. The van der Waals surface area contributed by atoms with Crippen LogP contribution in [-0.2, 0) is 17.9 Å². The van der Waals surface area contributed by atoms with E-state index in [0.29, 0.717) is 24.5 Å². The van der Waals surface area contributed by atoms with Crippen molar-refractivity contribution >= 4 is 28.4 Å². The molecule has 1 atom stereocenters. The summed E-state index contributed by atoms with van der Waals surface area (Å²) in [6.07, 6.45) is 0.236. The van der Waals surface area contributed by atoms with Gasteiger partial charge in [-0.2, -0.15) is 0 Å². The molecule has 2 heterocycles. The molecule has 1 aromatic heterocycles. The summed E-state index contributed by atoms with van der Waals surface area (Å²) in [6, 6.07) is 17.0. The highest BCUT2D eigenvalue weighted by Crippen LogP contribution is 2.23. The van der Waals surface area contributed by atoms with E-state index < -0.39 is 0 Å². The van der Waals surface area contributed by atoms with Gasteiger partial charge >= 0.3 is 0 Å². The van der Waals surface area contributed by atoms with Crippen LogP contribution in [0.3, 0.4) is 0 Å². The predicted octanol–water partition coefficient (Wildman–Crippen LogP) is 2.04. The molecular weight excluding hydrogens is 328 g/mol. The number of anilines is 1. The van der Waals surface area contributed by atoms with E-state index in [1.54, 1.807) is 0 Å². The maximum Gasteiger partial charge on any atom is 0.268 e. The number of carbonyl (C=O) groups is 2. The van der Waals surface area contributed by atoms with Gasteiger partial charge in [-0.05, 0) is 29.8 Å². The molecular formula is C20H20N4O2. The zero-order valence-electron chi connectivity index (χ0n) is 14.2. The van der Waals surface area contributed by atoms with E-state index in [-0.39, 0.29) is 24.3 Å². The maximum absolute atomic E-state index is 12.4. The molecule has 132 valence electrons. The lowest BCUT2D eigenvalue weighted by Crippen LogP contribution is -2.46. The Balaban J connectivity index is 1.43. The normalized spacial score (nSPS) is 16.2. The fourth-order valence-electron chi connectivity index (χ4n) is 3.44. The predicted molar refractivity (Wildman–Crippen MR) is 101 cm³/mol. The van der Waals surface area contributed by atoms with Crippen molar-refractivity contribution < 1.29 is 9.59 Å². The van der Waals surface area contributed by atoms with Crippen LogP contribution in [0.25, 0.3) is 10.9 Å². The molecule has 1 aliphatic rings. The number of nitrogen functional groups attached to an aromatic ring is 1. The number of carbonyl (C=O) groups excluding carboxylic acids is 2. The summed E-state index contributed by atoms with van der Waals surface area (Å²) in [7, 11) is 0. The minimum atomic E-state index is -0.230. The number of nitrogens with two attached hydrogens (primary N) is 1. The molecule has 0 spiro atoms. The first-order valence-electron chi connectivity index (χ1n) is 8.60. The number of para-hydroxylation sites is 1. The smallest absolute Gasteiger partial charge is 0.268 e. The number of hydrogen-bond acceptors (Lipinski definition) is 3. The molecule has 4 N–H and O–H groups in total. The quantitative estimate of drug-likeness (QED) is 0.630. The molecule has 0 radical (unpaired) electrons. The highest BCUT2D eigenvalue weighted by molar-refractivity contribution is 6.00. The van der Waals surface area contributed by atoms with Crippen LogP contribution >= 0.6 is 0 Å². The average molecular weight is 348 g/mol. The summed E-state index contributed by atoms with van der Waals surface area (Å²) in [4.78, 5) is 24.7. The second-order valence-electron chi connectivity index (χ2n) is 6.60. The first-order chi connectivity index (χ1) is 12.6. The number of nitrogens with one attached hydrogen (secondary N) is 2. The van der Waals surface area contributed by atoms with Gasteiger partial charge in [0.1, 0.15) is 5.69 Å². The number of amides is 2. The minimum absolute atomic E-state index is 0.0994. The highest BCUT2D eigenvalue weighted by Gasteiger charge is 2.27. The number of nitrogens with zero attached hydrogens (tertiary/aromatic N) is 1. The first kappa shape index (κ1) is 16.2. The van der Waals surface area contributed by atoms with Gasteiger partial charge in [-0.15, -0.1) is 0 Å². The third-order valence-corrected chi connectivity index (χ3v) is 4.65. The van der Waals surface area contributed by atoms with E-state index >= 15 is 0 Å². The number of aromatic nitrogens is 1. The van der Waals surface area contributed by atoms with Gasteiger partial charge in [0.25, 0.3) is 5.91 Å². The molecule has 2 amide bonds. The summed E-state index contributed by atoms with van der Waals surface area (Å²) < 4.78 is 1.99. The second-order valence-corrected chi connectivity index (χ2v) is 6.60. The maximum atomic E-state index is 12.4. The average Bonchev–Trinajstić information content (AvgIpc) is 3.00.